The number of likely N-dealkylation sites (tertiary alicyclic amines) is 1. The summed E-state index contributed by atoms with van der Waals surface area (Å²) in [6.07, 6.45) is 1.85. The fourth-order valence-corrected chi connectivity index (χ4v) is 2.07. The van der Waals surface area contributed by atoms with Gasteiger partial charge < -0.3 is 20.1 Å². The van der Waals surface area contributed by atoms with Crippen molar-refractivity contribution in [2.24, 2.45) is 0 Å². The molecular formula is C12H24N2O3. The lowest BCUT2D eigenvalue weighted by atomic mass is 9.91. The van der Waals surface area contributed by atoms with Gasteiger partial charge in [0.25, 0.3) is 0 Å². The quantitative estimate of drug-likeness (QED) is 0.645. The molecule has 0 aliphatic carbocycles. The molecule has 1 rings (SSSR count). The van der Waals surface area contributed by atoms with Gasteiger partial charge in [-0.05, 0) is 12.8 Å². The first-order valence-electron chi connectivity index (χ1n) is 6.31. The van der Waals surface area contributed by atoms with E-state index in [1.165, 1.54) is 0 Å². The molecule has 1 saturated heterocycles. The molecular weight excluding hydrogens is 220 g/mol. The third-order valence-corrected chi connectivity index (χ3v) is 3.29. The van der Waals surface area contributed by atoms with E-state index in [2.05, 4.69) is 5.32 Å². The molecule has 5 nitrogen and oxygen atoms in total. The van der Waals surface area contributed by atoms with Gasteiger partial charge in [0.1, 0.15) is 0 Å². The number of nitrogens with zero attached hydrogens (tertiary/aromatic N) is 1. The summed E-state index contributed by atoms with van der Waals surface area (Å²) in [5.41, 5.74) is -0.668. The number of aliphatic hydroxyl groups is 1. The summed E-state index contributed by atoms with van der Waals surface area (Å²) in [6, 6.07) is 0. The summed E-state index contributed by atoms with van der Waals surface area (Å²) in [5.74, 6) is 0.180. The molecule has 2 N–H and O–H groups in total. The molecule has 0 atom stereocenters. The van der Waals surface area contributed by atoms with E-state index >= 15 is 0 Å². The Bertz CT molecular complexity index is 238. The average Bonchev–Trinajstić information content (AvgIpc) is 2.35. The number of amides is 1. The van der Waals surface area contributed by atoms with Crippen LogP contribution in [-0.2, 0) is 9.53 Å². The van der Waals surface area contributed by atoms with Crippen LogP contribution in [0.15, 0.2) is 0 Å². The Morgan fingerprint density at radius 2 is 2.12 bits per heavy atom. The zero-order valence-corrected chi connectivity index (χ0v) is 10.9. The van der Waals surface area contributed by atoms with E-state index in [0.29, 0.717) is 45.5 Å². The van der Waals surface area contributed by atoms with E-state index in [-0.39, 0.29) is 5.91 Å². The van der Waals surface area contributed by atoms with Gasteiger partial charge >= 0.3 is 0 Å². The van der Waals surface area contributed by atoms with Crippen molar-refractivity contribution in [2.45, 2.75) is 31.8 Å². The van der Waals surface area contributed by atoms with E-state index in [9.17, 15) is 9.90 Å². The summed E-state index contributed by atoms with van der Waals surface area (Å²) in [5, 5.41) is 13.5. The molecule has 0 aromatic heterocycles. The lowest BCUT2D eigenvalue weighted by molar-refractivity contribution is -0.134. The zero-order chi connectivity index (χ0) is 12.7. The van der Waals surface area contributed by atoms with Crippen molar-refractivity contribution in [1.82, 2.24) is 10.2 Å². The fourth-order valence-electron chi connectivity index (χ4n) is 2.07. The van der Waals surface area contributed by atoms with Crippen molar-refractivity contribution < 1.29 is 14.6 Å². The van der Waals surface area contributed by atoms with Crippen LogP contribution in [0.25, 0.3) is 0 Å². The van der Waals surface area contributed by atoms with E-state index in [0.717, 1.165) is 6.54 Å². The monoisotopic (exact) mass is 244 g/mol. The fraction of sp³-hybridized carbons (Fsp3) is 0.917. The number of hydrogen-bond acceptors (Lipinski definition) is 4. The molecule has 1 aliphatic heterocycles. The number of rotatable bonds is 6. The lowest BCUT2D eigenvalue weighted by Gasteiger charge is -2.38. The number of nitrogens with one attached hydrogen (secondary N) is 1. The summed E-state index contributed by atoms with van der Waals surface area (Å²) in [6.45, 7) is 5.16. The minimum Gasteiger partial charge on any atom is -0.388 e. The maximum Gasteiger partial charge on any atom is 0.222 e. The summed E-state index contributed by atoms with van der Waals surface area (Å²) in [4.78, 5) is 13.3. The van der Waals surface area contributed by atoms with Gasteiger partial charge in [-0.1, -0.05) is 6.92 Å². The largest absolute Gasteiger partial charge is 0.388 e. The zero-order valence-electron chi connectivity index (χ0n) is 10.9. The predicted octanol–water partition coefficient (Wildman–Crippen LogP) is -0.0141. The Morgan fingerprint density at radius 3 is 2.65 bits per heavy atom. The third kappa shape index (κ3) is 4.61. The number of methoxy groups -OCH3 is 1. The number of carbonyl (C=O) groups is 1. The van der Waals surface area contributed by atoms with Crippen molar-refractivity contribution in [3.63, 3.8) is 0 Å². The van der Waals surface area contributed by atoms with Crippen LogP contribution in [0.3, 0.4) is 0 Å². The second kappa shape index (κ2) is 6.93. The third-order valence-electron chi connectivity index (χ3n) is 3.29. The second-order valence-corrected chi connectivity index (χ2v) is 4.63. The van der Waals surface area contributed by atoms with Crippen molar-refractivity contribution in [1.29, 1.82) is 0 Å². The first-order chi connectivity index (χ1) is 8.11. The molecule has 0 aromatic carbocycles. The van der Waals surface area contributed by atoms with E-state index < -0.39 is 5.60 Å². The second-order valence-electron chi connectivity index (χ2n) is 4.63. The number of ether oxygens (including phenoxy) is 1. The minimum atomic E-state index is -0.668. The maximum absolute atomic E-state index is 11.5. The molecule has 1 aliphatic rings. The van der Waals surface area contributed by atoms with Crippen LogP contribution < -0.4 is 5.32 Å². The Kier molecular flexibility index (Phi) is 5.88. The highest BCUT2D eigenvalue weighted by Crippen LogP contribution is 2.21. The molecule has 0 aromatic rings. The highest BCUT2D eigenvalue weighted by atomic mass is 16.5. The van der Waals surface area contributed by atoms with Gasteiger partial charge in [0, 0.05) is 39.7 Å². The van der Waals surface area contributed by atoms with Crippen LogP contribution in [0.2, 0.25) is 0 Å². The minimum absolute atomic E-state index is 0.180. The molecule has 0 radical (unpaired) electrons. The smallest absolute Gasteiger partial charge is 0.222 e. The van der Waals surface area contributed by atoms with Crippen molar-refractivity contribution in [3.8, 4) is 0 Å². The number of piperidine rings is 1. The van der Waals surface area contributed by atoms with E-state index in [1.807, 2.05) is 11.8 Å². The first-order valence-corrected chi connectivity index (χ1v) is 6.31. The Morgan fingerprint density at radius 1 is 1.47 bits per heavy atom. The van der Waals surface area contributed by atoms with E-state index in [1.54, 1.807) is 7.11 Å². The molecule has 17 heavy (non-hydrogen) atoms. The Labute approximate surface area is 103 Å². The van der Waals surface area contributed by atoms with Crippen LogP contribution in [0.4, 0.5) is 0 Å². The number of carbonyl (C=O) groups excluding carboxylic acids is 1. The van der Waals surface area contributed by atoms with Crippen molar-refractivity contribution in [2.75, 3.05) is 39.9 Å². The molecule has 0 unspecified atom stereocenters. The summed E-state index contributed by atoms with van der Waals surface area (Å²) < 4.78 is 4.93. The standard InChI is InChI=1S/C12H24N2O3/c1-3-11(15)14-7-4-12(16,5-8-14)10-13-6-9-17-2/h13,16H,3-10H2,1-2H3. The van der Waals surface area contributed by atoms with Gasteiger partial charge in [0.15, 0.2) is 0 Å². The molecule has 1 amide bonds. The number of hydrogen-bond donors (Lipinski definition) is 2. The topological polar surface area (TPSA) is 61.8 Å². The Hall–Kier alpha value is -0.650. The molecule has 0 spiro atoms. The van der Waals surface area contributed by atoms with Crippen LogP contribution in [-0.4, -0.2) is 61.4 Å². The molecule has 1 heterocycles. The van der Waals surface area contributed by atoms with Gasteiger partial charge in [-0.3, -0.25) is 4.79 Å². The summed E-state index contributed by atoms with van der Waals surface area (Å²) in [7, 11) is 1.66. The van der Waals surface area contributed by atoms with Gasteiger partial charge in [-0.15, -0.1) is 0 Å². The molecule has 0 saturated carbocycles. The molecule has 1 fully saturated rings. The van der Waals surface area contributed by atoms with Crippen LogP contribution >= 0.6 is 0 Å². The van der Waals surface area contributed by atoms with Gasteiger partial charge in [0.05, 0.1) is 12.2 Å². The lowest BCUT2D eigenvalue weighted by Crippen LogP contribution is -2.51. The SMILES string of the molecule is CCC(=O)N1CCC(O)(CNCCOC)CC1. The van der Waals surface area contributed by atoms with Crippen LogP contribution in [0, 0.1) is 0 Å². The summed E-state index contributed by atoms with van der Waals surface area (Å²) >= 11 is 0. The van der Waals surface area contributed by atoms with Crippen LogP contribution in [0.5, 0.6) is 0 Å². The Balaban J connectivity index is 2.26. The molecule has 100 valence electrons. The van der Waals surface area contributed by atoms with Crippen molar-refractivity contribution >= 4 is 5.91 Å². The van der Waals surface area contributed by atoms with Gasteiger partial charge in [-0.2, -0.15) is 0 Å². The van der Waals surface area contributed by atoms with Gasteiger partial charge in [0.2, 0.25) is 5.91 Å². The first kappa shape index (κ1) is 14.4. The maximum atomic E-state index is 11.5. The average molecular weight is 244 g/mol. The molecule has 0 bridgehead atoms. The normalized spacial score (nSPS) is 19.4. The highest BCUT2D eigenvalue weighted by Gasteiger charge is 2.32. The van der Waals surface area contributed by atoms with E-state index in [4.69, 9.17) is 4.74 Å². The highest BCUT2D eigenvalue weighted by molar-refractivity contribution is 5.75. The van der Waals surface area contributed by atoms with Crippen molar-refractivity contribution in [3.05, 3.63) is 0 Å². The molecule has 5 heteroatoms. The van der Waals surface area contributed by atoms with Crippen LogP contribution in [0.1, 0.15) is 26.2 Å². The predicted molar refractivity (Wildman–Crippen MR) is 65.8 cm³/mol. The van der Waals surface area contributed by atoms with Gasteiger partial charge in [-0.25, -0.2) is 0 Å².